The summed E-state index contributed by atoms with van der Waals surface area (Å²) in [5.74, 6) is 9.50. The van der Waals surface area contributed by atoms with Gasteiger partial charge in [0.25, 0.3) is 0 Å². The number of hydrogen-bond donors (Lipinski definition) is 0. The SMILES string of the molecule is CCCC1=C(C)C=C(C2CCCCCC(C)C(C3CCC(C(C)CC(C)C(C)CCC)CC3)C3CCCCC23)CC1. The van der Waals surface area contributed by atoms with Gasteiger partial charge < -0.3 is 0 Å². The van der Waals surface area contributed by atoms with E-state index in [2.05, 4.69) is 54.5 Å². The van der Waals surface area contributed by atoms with Gasteiger partial charge in [0, 0.05) is 0 Å². The summed E-state index contributed by atoms with van der Waals surface area (Å²) in [7, 11) is 0. The van der Waals surface area contributed by atoms with Gasteiger partial charge in [0.15, 0.2) is 0 Å². The van der Waals surface area contributed by atoms with Crippen molar-refractivity contribution in [3.05, 3.63) is 22.8 Å². The first kappa shape index (κ1) is 33.4. The normalized spacial score (nSPS) is 36.2. The van der Waals surface area contributed by atoms with Crippen LogP contribution in [0.2, 0.25) is 0 Å². The Balaban J connectivity index is 1.49. The molecule has 0 heterocycles. The largest absolute Gasteiger partial charge is 0.0670 e. The number of fused-ring (bicyclic) bond motifs is 1. The monoisotopic (exact) mass is 565 g/mol. The first-order valence-corrected chi connectivity index (χ1v) is 19.2. The van der Waals surface area contributed by atoms with Gasteiger partial charge in [0.1, 0.15) is 0 Å². The molecular weight excluding hydrogens is 492 g/mol. The second kappa shape index (κ2) is 16.5. The first-order chi connectivity index (χ1) is 19.8. The highest BCUT2D eigenvalue weighted by atomic mass is 14.5. The van der Waals surface area contributed by atoms with Crippen LogP contribution in [0, 0.1) is 59.2 Å². The molecule has 0 nitrogen and oxygen atoms in total. The fourth-order valence-electron chi connectivity index (χ4n) is 11.0. The van der Waals surface area contributed by atoms with Crippen molar-refractivity contribution >= 4 is 0 Å². The van der Waals surface area contributed by atoms with E-state index >= 15 is 0 Å². The minimum Gasteiger partial charge on any atom is -0.0670 e. The van der Waals surface area contributed by atoms with Crippen LogP contribution in [0.4, 0.5) is 0 Å². The Hall–Kier alpha value is -0.520. The third-order valence-electron chi connectivity index (χ3n) is 13.5. The molecule has 0 bridgehead atoms. The standard InChI is InChI=1S/C41H72/c1-8-15-29(3)31(5)27-32(6)35-21-24-36(25-22-35)41-30(4)17-11-10-12-18-38(39-19-13-14-20-40(39)41)37-26-23-34(16-9-2)33(7)28-37/h28-32,35-36,38-41H,8-27H2,1-7H3. The molecule has 0 heteroatoms. The number of hydrogen-bond acceptors (Lipinski definition) is 0. The average molecular weight is 565 g/mol. The van der Waals surface area contributed by atoms with E-state index in [4.69, 9.17) is 0 Å². The molecule has 3 saturated carbocycles. The van der Waals surface area contributed by atoms with Crippen LogP contribution in [0.15, 0.2) is 22.8 Å². The summed E-state index contributed by atoms with van der Waals surface area (Å²) in [6.07, 6.45) is 32.0. The maximum absolute atomic E-state index is 2.73. The van der Waals surface area contributed by atoms with Gasteiger partial charge in [-0.1, -0.05) is 122 Å². The number of allylic oxidation sites excluding steroid dienone is 4. The van der Waals surface area contributed by atoms with Crippen LogP contribution < -0.4 is 0 Å². The van der Waals surface area contributed by atoms with Gasteiger partial charge in [-0.25, -0.2) is 0 Å². The van der Waals surface area contributed by atoms with Crippen LogP contribution in [0.5, 0.6) is 0 Å². The predicted octanol–water partition coefficient (Wildman–Crippen LogP) is 13.4. The van der Waals surface area contributed by atoms with Crippen molar-refractivity contribution in [2.75, 3.05) is 0 Å². The van der Waals surface area contributed by atoms with E-state index in [0.717, 1.165) is 59.2 Å². The quantitative estimate of drug-likeness (QED) is 0.247. The second-order valence-electron chi connectivity index (χ2n) is 16.3. The summed E-state index contributed by atoms with van der Waals surface area (Å²) in [5, 5.41) is 0. The van der Waals surface area contributed by atoms with Crippen LogP contribution in [0.1, 0.15) is 177 Å². The summed E-state index contributed by atoms with van der Waals surface area (Å²) >= 11 is 0. The zero-order chi connectivity index (χ0) is 29.4. The molecular formula is C41H72. The Morgan fingerprint density at radius 3 is 2.10 bits per heavy atom. The molecule has 41 heavy (non-hydrogen) atoms. The molecule has 8 unspecified atom stereocenters. The lowest BCUT2D eigenvalue weighted by atomic mass is 9.56. The highest BCUT2D eigenvalue weighted by Gasteiger charge is 2.44. The molecule has 0 aromatic carbocycles. The Kier molecular flexibility index (Phi) is 13.5. The maximum atomic E-state index is 2.73. The molecule has 8 atom stereocenters. The summed E-state index contributed by atoms with van der Waals surface area (Å²) in [6.45, 7) is 17.6. The lowest BCUT2D eigenvalue weighted by Gasteiger charge is -2.49. The predicted molar refractivity (Wildman–Crippen MR) is 182 cm³/mol. The molecule has 236 valence electrons. The van der Waals surface area contributed by atoms with E-state index in [-0.39, 0.29) is 0 Å². The van der Waals surface area contributed by atoms with Crippen molar-refractivity contribution in [2.45, 2.75) is 177 Å². The van der Waals surface area contributed by atoms with Crippen LogP contribution in [-0.4, -0.2) is 0 Å². The van der Waals surface area contributed by atoms with Crippen molar-refractivity contribution in [1.82, 2.24) is 0 Å². The van der Waals surface area contributed by atoms with Gasteiger partial charge in [0.2, 0.25) is 0 Å². The lowest BCUT2D eigenvalue weighted by molar-refractivity contribution is 0.0167. The fourth-order valence-corrected chi connectivity index (χ4v) is 11.0. The van der Waals surface area contributed by atoms with E-state index in [1.54, 1.807) is 30.4 Å². The molecule has 4 rings (SSSR count). The molecule has 0 amide bonds. The van der Waals surface area contributed by atoms with Crippen LogP contribution in [0.3, 0.4) is 0 Å². The molecule has 0 aromatic heterocycles. The molecule has 0 N–H and O–H groups in total. The molecule has 0 aliphatic heterocycles. The Labute approximate surface area is 258 Å². The van der Waals surface area contributed by atoms with E-state index in [9.17, 15) is 0 Å². The molecule has 0 spiro atoms. The molecule has 0 aromatic rings. The average Bonchev–Trinajstić information content (AvgIpc) is 2.97. The minimum absolute atomic E-state index is 0.884. The van der Waals surface area contributed by atoms with Crippen LogP contribution in [-0.2, 0) is 0 Å². The summed E-state index contributed by atoms with van der Waals surface area (Å²) in [4.78, 5) is 0. The molecule has 0 radical (unpaired) electrons. The van der Waals surface area contributed by atoms with Gasteiger partial charge in [-0.15, -0.1) is 0 Å². The van der Waals surface area contributed by atoms with Crippen molar-refractivity contribution in [2.24, 2.45) is 59.2 Å². The van der Waals surface area contributed by atoms with E-state index in [1.807, 2.05) is 5.57 Å². The summed E-state index contributed by atoms with van der Waals surface area (Å²) in [6, 6.07) is 0. The maximum Gasteiger partial charge on any atom is -0.0169 e. The van der Waals surface area contributed by atoms with Crippen LogP contribution >= 0.6 is 0 Å². The second-order valence-corrected chi connectivity index (χ2v) is 16.3. The topological polar surface area (TPSA) is 0 Å². The van der Waals surface area contributed by atoms with E-state index in [1.165, 1.54) is 109 Å². The first-order valence-electron chi connectivity index (χ1n) is 19.2. The molecule has 4 aliphatic carbocycles. The smallest absolute Gasteiger partial charge is 0.0169 e. The van der Waals surface area contributed by atoms with Gasteiger partial charge >= 0.3 is 0 Å². The van der Waals surface area contributed by atoms with Gasteiger partial charge in [0.05, 0.1) is 0 Å². The Bertz CT molecular complexity index is 821. The molecule has 3 fully saturated rings. The minimum atomic E-state index is 0.884. The zero-order valence-electron chi connectivity index (χ0n) is 29.0. The zero-order valence-corrected chi connectivity index (χ0v) is 29.0. The third-order valence-corrected chi connectivity index (χ3v) is 13.5. The molecule has 4 aliphatic rings. The summed E-state index contributed by atoms with van der Waals surface area (Å²) in [5.41, 5.74) is 5.30. The lowest BCUT2D eigenvalue weighted by Crippen LogP contribution is -2.41. The Morgan fingerprint density at radius 1 is 0.732 bits per heavy atom. The highest BCUT2D eigenvalue weighted by Crippen LogP contribution is 2.53. The van der Waals surface area contributed by atoms with Gasteiger partial charge in [-0.2, -0.15) is 0 Å². The van der Waals surface area contributed by atoms with Crippen LogP contribution in [0.25, 0.3) is 0 Å². The van der Waals surface area contributed by atoms with E-state index in [0.29, 0.717) is 0 Å². The van der Waals surface area contributed by atoms with Crippen molar-refractivity contribution in [3.8, 4) is 0 Å². The van der Waals surface area contributed by atoms with Crippen molar-refractivity contribution in [3.63, 3.8) is 0 Å². The van der Waals surface area contributed by atoms with E-state index < -0.39 is 0 Å². The molecule has 0 saturated heterocycles. The Morgan fingerprint density at radius 2 is 1.41 bits per heavy atom. The fraction of sp³-hybridized carbons (Fsp3) is 0.902. The number of rotatable bonds is 10. The summed E-state index contributed by atoms with van der Waals surface area (Å²) < 4.78 is 0. The van der Waals surface area contributed by atoms with Crippen molar-refractivity contribution < 1.29 is 0 Å². The third kappa shape index (κ3) is 8.78. The van der Waals surface area contributed by atoms with Gasteiger partial charge in [-0.05, 0) is 137 Å². The highest BCUT2D eigenvalue weighted by molar-refractivity contribution is 5.33. The van der Waals surface area contributed by atoms with Crippen molar-refractivity contribution in [1.29, 1.82) is 0 Å². The van der Waals surface area contributed by atoms with Gasteiger partial charge in [-0.3, -0.25) is 0 Å².